The van der Waals surface area contributed by atoms with E-state index in [2.05, 4.69) is 15.6 Å². The Morgan fingerprint density at radius 2 is 2.33 bits per heavy atom. The molecule has 7 heteroatoms. The molecule has 1 aliphatic rings. The predicted molar refractivity (Wildman–Crippen MR) is 75.7 cm³/mol. The number of nitrogens with one attached hydrogen (secondary N) is 1. The summed E-state index contributed by atoms with van der Waals surface area (Å²) < 4.78 is 15.0. The molecule has 1 amide bonds. The van der Waals surface area contributed by atoms with Crippen molar-refractivity contribution in [3.8, 4) is 0 Å². The van der Waals surface area contributed by atoms with Gasteiger partial charge in [0, 0.05) is 25.3 Å². The summed E-state index contributed by atoms with van der Waals surface area (Å²) in [5.41, 5.74) is 0.787. The van der Waals surface area contributed by atoms with Gasteiger partial charge in [-0.15, -0.1) is 5.10 Å². The Hall–Kier alpha value is -2.28. The summed E-state index contributed by atoms with van der Waals surface area (Å²) in [4.78, 5) is 14.0. The van der Waals surface area contributed by atoms with Crippen molar-refractivity contribution in [1.82, 2.24) is 20.3 Å². The van der Waals surface area contributed by atoms with Crippen LogP contribution in [0.4, 0.5) is 10.1 Å². The lowest BCUT2D eigenvalue weighted by atomic mass is 10.2. The van der Waals surface area contributed by atoms with E-state index in [0.29, 0.717) is 12.2 Å². The van der Waals surface area contributed by atoms with E-state index in [0.717, 1.165) is 13.1 Å². The number of amides is 1. The fraction of sp³-hybridized carbons (Fsp3) is 0.357. The number of carbonyl (C=O) groups is 1. The van der Waals surface area contributed by atoms with Gasteiger partial charge in [-0.3, -0.25) is 4.79 Å². The molecular weight excluding hydrogens is 273 g/mol. The van der Waals surface area contributed by atoms with Gasteiger partial charge in [0.05, 0.1) is 12.2 Å². The van der Waals surface area contributed by atoms with Gasteiger partial charge in [0.15, 0.2) is 5.69 Å². The molecule has 1 saturated heterocycles. The summed E-state index contributed by atoms with van der Waals surface area (Å²) >= 11 is 0. The third-order valence-electron chi connectivity index (χ3n) is 3.54. The van der Waals surface area contributed by atoms with Crippen molar-refractivity contribution >= 4 is 11.6 Å². The lowest BCUT2D eigenvalue weighted by molar-refractivity contribution is 0.0983. The summed E-state index contributed by atoms with van der Waals surface area (Å²) in [7, 11) is 0. The Balaban J connectivity index is 1.83. The second kappa shape index (κ2) is 5.61. The molecule has 0 atom stereocenters. The minimum atomic E-state index is -0.372. The summed E-state index contributed by atoms with van der Waals surface area (Å²) in [6.07, 6.45) is 1.65. The zero-order valence-electron chi connectivity index (χ0n) is 11.7. The first kappa shape index (κ1) is 13.7. The predicted octanol–water partition coefficient (Wildman–Crippen LogP) is 1.23. The molecule has 0 aliphatic carbocycles. The SMILES string of the molecule is CCN(C(=O)c1cn(C2CNC2)nn1)c1cccc(F)c1. The Morgan fingerprint density at radius 3 is 2.95 bits per heavy atom. The second-order valence-electron chi connectivity index (χ2n) is 4.93. The lowest BCUT2D eigenvalue weighted by Gasteiger charge is -2.26. The van der Waals surface area contributed by atoms with Gasteiger partial charge in [-0.1, -0.05) is 11.3 Å². The van der Waals surface area contributed by atoms with Gasteiger partial charge in [-0.25, -0.2) is 9.07 Å². The molecule has 1 fully saturated rings. The quantitative estimate of drug-likeness (QED) is 0.919. The van der Waals surface area contributed by atoms with E-state index in [4.69, 9.17) is 0 Å². The van der Waals surface area contributed by atoms with Crippen LogP contribution in [-0.4, -0.2) is 40.5 Å². The van der Waals surface area contributed by atoms with Gasteiger partial charge in [-0.05, 0) is 25.1 Å². The monoisotopic (exact) mass is 289 g/mol. The van der Waals surface area contributed by atoms with E-state index in [1.807, 2.05) is 6.92 Å². The van der Waals surface area contributed by atoms with E-state index >= 15 is 0 Å². The van der Waals surface area contributed by atoms with Crippen molar-refractivity contribution in [2.24, 2.45) is 0 Å². The molecule has 21 heavy (non-hydrogen) atoms. The highest BCUT2D eigenvalue weighted by Crippen LogP contribution is 2.18. The molecule has 6 nitrogen and oxygen atoms in total. The Bertz CT molecular complexity index is 652. The fourth-order valence-electron chi connectivity index (χ4n) is 2.24. The second-order valence-corrected chi connectivity index (χ2v) is 4.93. The number of hydrogen-bond acceptors (Lipinski definition) is 4. The van der Waals surface area contributed by atoms with E-state index in [1.165, 1.54) is 17.0 Å². The van der Waals surface area contributed by atoms with Crippen LogP contribution in [-0.2, 0) is 0 Å². The van der Waals surface area contributed by atoms with Crippen LogP contribution in [0.15, 0.2) is 30.5 Å². The van der Waals surface area contributed by atoms with Crippen LogP contribution in [0.5, 0.6) is 0 Å². The number of nitrogens with zero attached hydrogens (tertiary/aromatic N) is 4. The maximum absolute atomic E-state index is 13.3. The smallest absolute Gasteiger partial charge is 0.280 e. The maximum atomic E-state index is 13.3. The zero-order chi connectivity index (χ0) is 14.8. The van der Waals surface area contributed by atoms with E-state index < -0.39 is 0 Å². The summed E-state index contributed by atoms with van der Waals surface area (Å²) in [5.74, 6) is -0.649. The van der Waals surface area contributed by atoms with Crippen LogP contribution >= 0.6 is 0 Å². The number of carbonyl (C=O) groups excluding carboxylic acids is 1. The minimum Gasteiger partial charge on any atom is -0.312 e. The van der Waals surface area contributed by atoms with Gasteiger partial charge in [0.25, 0.3) is 5.91 Å². The topological polar surface area (TPSA) is 63.1 Å². The van der Waals surface area contributed by atoms with Crippen LogP contribution in [0.25, 0.3) is 0 Å². The molecule has 0 bridgehead atoms. The van der Waals surface area contributed by atoms with Gasteiger partial charge < -0.3 is 10.2 Å². The van der Waals surface area contributed by atoms with Crippen LogP contribution in [0.2, 0.25) is 0 Å². The van der Waals surface area contributed by atoms with Crippen molar-refractivity contribution in [3.05, 3.63) is 42.0 Å². The van der Waals surface area contributed by atoms with Crippen molar-refractivity contribution in [3.63, 3.8) is 0 Å². The van der Waals surface area contributed by atoms with Gasteiger partial charge >= 0.3 is 0 Å². The molecule has 1 aromatic heterocycles. The molecule has 0 radical (unpaired) electrons. The van der Waals surface area contributed by atoms with Crippen molar-refractivity contribution in [1.29, 1.82) is 0 Å². The largest absolute Gasteiger partial charge is 0.312 e. The molecule has 2 aromatic rings. The summed E-state index contributed by atoms with van der Waals surface area (Å²) in [5, 5.41) is 11.1. The van der Waals surface area contributed by atoms with E-state index in [1.54, 1.807) is 23.0 Å². The van der Waals surface area contributed by atoms with Gasteiger partial charge in [0.2, 0.25) is 0 Å². The Kier molecular flexibility index (Phi) is 3.66. The van der Waals surface area contributed by atoms with Crippen LogP contribution < -0.4 is 10.2 Å². The van der Waals surface area contributed by atoms with Crippen molar-refractivity contribution < 1.29 is 9.18 Å². The molecular formula is C14H16FN5O. The molecule has 0 spiro atoms. The molecule has 110 valence electrons. The molecule has 0 unspecified atom stereocenters. The van der Waals surface area contributed by atoms with E-state index in [9.17, 15) is 9.18 Å². The fourth-order valence-corrected chi connectivity index (χ4v) is 2.24. The standard InChI is InChI=1S/C14H16FN5O/c1-2-19(11-5-3-4-10(15)6-11)14(21)13-9-20(18-17-13)12-7-16-8-12/h3-6,9,12,16H,2,7-8H2,1H3. The highest BCUT2D eigenvalue weighted by Gasteiger charge is 2.24. The zero-order valence-corrected chi connectivity index (χ0v) is 11.7. The number of halogens is 1. The molecule has 1 aliphatic heterocycles. The average molecular weight is 289 g/mol. The van der Waals surface area contributed by atoms with Gasteiger partial charge in [0.1, 0.15) is 5.82 Å². The highest BCUT2D eigenvalue weighted by atomic mass is 19.1. The first-order valence-corrected chi connectivity index (χ1v) is 6.89. The highest BCUT2D eigenvalue weighted by molar-refractivity contribution is 6.04. The first-order valence-electron chi connectivity index (χ1n) is 6.89. The normalized spacial score (nSPS) is 14.8. The molecule has 1 N–H and O–H groups in total. The molecule has 0 saturated carbocycles. The number of rotatable bonds is 4. The minimum absolute atomic E-state index is 0.253. The number of hydrogen-bond donors (Lipinski definition) is 1. The van der Waals surface area contributed by atoms with Crippen molar-refractivity contribution in [2.45, 2.75) is 13.0 Å². The van der Waals surface area contributed by atoms with E-state index in [-0.39, 0.29) is 23.5 Å². The number of aromatic nitrogens is 3. The van der Waals surface area contributed by atoms with Crippen LogP contribution in [0.1, 0.15) is 23.5 Å². The van der Waals surface area contributed by atoms with Crippen LogP contribution in [0.3, 0.4) is 0 Å². The third-order valence-corrected chi connectivity index (χ3v) is 3.54. The third kappa shape index (κ3) is 2.64. The number of benzene rings is 1. The molecule has 1 aromatic carbocycles. The maximum Gasteiger partial charge on any atom is 0.280 e. The lowest BCUT2D eigenvalue weighted by Crippen LogP contribution is -2.43. The van der Waals surface area contributed by atoms with Crippen LogP contribution in [0, 0.1) is 5.82 Å². The molecule has 3 rings (SSSR count). The molecule has 2 heterocycles. The Labute approximate surface area is 121 Å². The number of anilines is 1. The van der Waals surface area contributed by atoms with Crippen molar-refractivity contribution in [2.75, 3.05) is 24.5 Å². The first-order chi connectivity index (χ1) is 10.2. The summed E-state index contributed by atoms with van der Waals surface area (Å²) in [6, 6.07) is 6.22. The Morgan fingerprint density at radius 1 is 1.52 bits per heavy atom. The summed E-state index contributed by atoms with van der Waals surface area (Å²) in [6.45, 7) is 3.93. The average Bonchev–Trinajstić information content (AvgIpc) is 2.87. The van der Waals surface area contributed by atoms with Gasteiger partial charge in [-0.2, -0.15) is 0 Å².